The Morgan fingerprint density at radius 2 is 2.16 bits per heavy atom. The van der Waals surface area contributed by atoms with E-state index >= 15 is 0 Å². The molecule has 2 N–H and O–H groups in total. The molecule has 0 saturated carbocycles. The number of likely N-dealkylation sites (N-methyl/N-ethyl adjacent to an activating group) is 1. The third kappa shape index (κ3) is 3.58. The van der Waals surface area contributed by atoms with Gasteiger partial charge in [-0.25, -0.2) is 9.59 Å². The van der Waals surface area contributed by atoms with Crippen LogP contribution in [0.5, 0.6) is 0 Å². The molecule has 0 spiro atoms. The monoisotopic (exact) mass is 262 g/mol. The summed E-state index contributed by atoms with van der Waals surface area (Å²) in [5.41, 5.74) is 1.23. The molecule has 102 valence electrons. The Morgan fingerprint density at radius 3 is 2.68 bits per heavy atom. The molecule has 0 aliphatic carbocycles. The molecule has 0 saturated heterocycles. The molecule has 1 rings (SSSR count). The first-order valence-electron chi connectivity index (χ1n) is 6.01. The number of rotatable bonds is 5. The van der Waals surface area contributed by atoms with Crippen LogP contribution in [0.2, 0.25) is 0 Å². The highest BCUT2D eigenvalue weighted by atomic mass is 16.4. The first kappa shape index (κ1) is 14.8. The van der Waals surface area contributed by atoms with E-state index in [1.165, 1.54) is 6.07 Å². The molecular weight excluding hydrogens is 244 g/mol. The van der Waals surface area contributed by atoms with Crippen molar-refractivity contribution in [3.63, 3.8) is 0 Å². The van der Waals surface area contributed by atoms with E-state index in [1.54, 1.807) is 30.0 Å². The van der Waals surface area contributed by atoms with E-state index in [1.807, 2.05) is 6.92 Å². The summed E-state index contributed by atoms with van der Waals surface area (Å²) >= 11 is 0. The van der Waals surface area contributed by atoms with Crippen molar-refractivity contribution in [2.75, 3.05) is 18.4 Å². The molecule has 5 nitrogen and oxygen atoms in total. The molecule has 0 aromatic heterocycles. The number of hydrogen-bond donors (Lipinski definition) is 2. The number of benzene rings is 1. The minimum atomic E-state index is -1.01. The predicted molar refractivity (Wildman–Crippen MR) is 74.6 cm³/mol. The second-order valence-electron chi connectivity index (χ2n) is 4.04. The molecule has 0 unspecified atom stereocenters. The standard InChI is InChI=1S/C14H18N2O3/c1-4-9-16(5-2)14(19)15-12-8-6-7-11(10(12)3)13(17)18/h4,6-8H,1,5,9H2,2-3H3,(H,15,19)(H,17,18). The van der Waals surface area contributed by atoms with Crippen molar-refractivity contribution in [3.05, 3.63) is 42.0 Å². The lowest BCUT2D eigenvalue weighted by Crippen LogP contribution is -2.35. The van der Waals surface area contributed by atoms with Gasteiger partial charge in [0, 0.05) is 18.8 Å². The zero-order chi connectivity index (χ0) is 14.4. The van der Waals surface area contributed by atoms with Gasteiger partial charge >= 0.3 is 12.0 Å². The van der Waals surface area contributed by atoms with Gasteiger partial charge in [0.2, 0.25) is 0 Å². The van der Waals surface area contributed by atoms with Crippen LogP contribution in [0, 0.1) is 6.92 Å². The van der Waals surface area contributed by atoms with Gasteiger partial charge in [-0.2, -0.15) is 0 Å². The number of nitrogens with one attached hydrogen (secondary N) is 1. The molecular formula is C14H18N2O3. The van der Waals surface area contributed by atoms with Crippen LogP contribution in [-0.4, -0.2) is 35.1 Å². The van der Waals surface area contributed by atoms with Crippen LogP contribution in [0.15, 0.2) is 30.9 Å². The van der Waals surface area contributed by atoms with Crippen molar-refractivity contribution in [2.24, 2.45) is 0 Å². The van der Waals surface area contributed by atoms with Crippen molar-refractivity contribution in [1.82, 2.24) is 4.90 Å². The van der Waals surface area contributed by atoms with Crippen LogP contribution >= 0.6 is 0 Å². The van der Waals surface area contributed by atoms with Gasteiger partial charge in [0.15, 0.2) is 0 Å². The van der Waals surface area contributed by atoms with Crippen LogP contribution < -0.4 is 5.32 Å². The van der Waals surface area contributed by atoms with Crippen LogP contribution in [0.4, 0.5) is 10.5 Å². The van der Waals surface area contributed by atoms with Crippen LogP contribution in [-0.2, 0) is 0 Å². The number of carboxylic acid groups (broad SMARTS) is 1. The van der Waals surface area contributed by atoms with E-state index in [0.29, 0.717) is 24.3 Å². The SMILES string of the molecule is C=CCN(CC)C(=O)Nc1cccc(C(=O)O)c1C. The van der Waals surface area contributed by atoms with E-state index in [2.05, 4.69) is 11.9 Å². The van der Waals surface area contributed by atoms with Gasteiger partial charge in [-0.15, -0.1) is 6.58 Å². The topological polar surface area (TPSA) is 69.6 Å². The van der Waals surface area contributed by atoms with Crippen molar-refractivity contribution >= 4 is 17.7 Å². The first-order valence-corrected chi connectivity index (χ1v) is 6.01. The largest absolute Gasteiger partial charge is 0.478 e. The molecule has 0 aliphatic heterocycles. The Hall–Kier alpha value is -2.30. The fourth-order valence-corrected chi connectivity index (χ4v) is 1.71. The fourth-order valence-electron chi connectivity index (χ4n) is 1.71. The Balaban J connectivity index is 2.93. The second-order valence-corrected chi connectivity index (χ2v) is 4.04. The predicted octanol–water partition coefficient (Wildman–Crippen LogP) is 2.73. The summed E-state index contributed by atoms with van der Waals surface area (Å²) in [5.74, 6) is -1.01. The number of anilines is 1. The van der Waals surface area contributed by atoms with E-state index in [4.69, 9.17) is 5.11 Å². The lowest BCUT2D eigenvalue weighted by atomic mass is 10.1. The molecule has 1 aromatic rings. The molecule has 0 fully saturated rings. The smallest absolute Gasteiger partial charge is 0.336 e. The number of aromatic carboxylic acids is 1. The molecule has 0 atom stereocenters. The highest BCUT2D eigenvalue weighted by Gasteiger charge is 2.14. The zero-order valence-corrected chi connectivity index (χ0v) is 11.1. The summed E-state index contributed by atoms with van der Waals surface area (Å²) in [7, 11) is 0. The third-order valence-corrected chi connectivity index (χ3v) is 2.82. The highest BCUT2D eigenvalue weighted by Crippen LogP contribution is 2.19. The maximum atomic E-state index is 12.0. The Bertz CT molecular complexity index is 497. The number of carbonyl (C=O) groups excluding carboxylic acids is 1. The van der Waals surface area contributed by atoms with Crippen molar-refractivity contribution < 1.29 is 14.7 Å². The molecule has 0 bridgehead atoms. The lowest BCUT2D eigenvalue weighted by molar-refractivity contribution is 0.0696. The first-order chi connectivity index (χ1) is 9.01. The summed E-state index contributed by atoms with van der Waals surface area (Å²) in [4.78, 5) is 24.6. The Morgan fingerprint density at radius 1 is 1.47 bits per heavy atom. The lowest BCUT2D eigenvalue weighted by Gasteiger charge is -2.20. The van der Waals surface area contributed by atoms with Crippen LogP contribution in [0.3, 0.4) is 0 Å². The van der Waals surface area contributed by atoms with E-state index in [9.17, 15) is 9.59 Å². The molecule has 19 heavy (non-hydrogen) atoms. The molecule has 1 aromatic carbocycles. The van der Waals surface area contributed by atoms with Gasteiger partial charge in [-0.05, 0) is 31.5 Å². The second kappa shape index (κ2) is 6.58. The van der Waals surface area contributed by atoms with Crippen molar-refractivity contribution in [2.45, 2.75) is 13.8 Å². The quantitative estimate of drug-likeness (QED) is 0.801. The van der Waals surface area contributed by atoms with Gasteiger partial charge in [-0.3, -0.25) is 0 Å². The van der Waals surface area contributed by atoms with Gasteiger partial charge < -0.3 is 15.3 Å². The summed E-state index contributed by atoms with van der Waals surface area (Å²) in [6, 6.07) is 4.53. The van der Waals surface area contributed by atoms with Gasteiger partial charge in [0.25, 0.3) is 0 Å². The average Bonchev–Trinajstić information content (AvgIpc) is 2.37. The van der Waals surface area contributed by atoms with Crippen molar-refractivity contribution in [1.29, 1.82) is 0 Å². The van der Waals surface area contributed by atoms with E-state index < -0.39 is 5.97 Å². The van der Waals surface area contributed by atoms with E-state index in [0.717, 1.165) is 0 Å². The minimum absolute atomic E-state index is 0.185. The fraction of sp³-hybridized carbons (Fsp3) is 0.286. The van der Waals surface area contributed by atoms with Gasteiger partial charge in [-0.1, -0.05) is 12.1 Å². The van der Waals surface area contributed by atoms with E-state index in [-0.39, 0.29) is 11.6 Å². The molecule has 5 heteroatoms. The number of amides is 2. The van der Waals surface area contributed by atoms with Crippen molar-refractivity contribution in [3.8, 4) is 0 Å². The van der Waals surface area contributed by atoms with Crippen LogP contribution in [0.25, 0.3) is 0 Å². The molecule has 0 radical (unpaired) electrons. The summed E-state index contributed by atoms with van der Waals surface area (Å²) in [5, 5.41) is 11.7. The third-order valence-electron chi connectivity index (χ3n) is 2.82. The number of urea groups is 1. The highest BCUT2D eigenvalue weighted by molar-refractivity contribution is 5.95. The number of hydrogen-bond acceptors (Lipinski definition) is 2. The Kier molecular flexibility index (Phi) is 5.11. The summed E-state index contributed by atoms with van der Waals surface area (Å²) < 4.78 is 0. The molecule has 2 amide bonds. The summed E-state index contributed by atoms with van der Waals surface area (Å²) in [6.07, 6.45) is 1.64. The molecule has 0 aliphatic rings. The maximum Gasteiger partial charge on any atom is 0.336 e. The number of carboxylic acids is 1. The maximum absolute atomic E-state index is 12.0. The van der Waals surface area contributed by atoms with Crippen LogP contribution in [0.1, 0.15) is 22.8 Å². The van der Waals surface area contributed by atoms with Gasteiger partial charge in [0.05, 0.1) is 5.56 Å². The molecule has 0 heterocycles. The number of nitrogens with zero attached hydrogens (tertiary/aromatic N) is 1. The Labute approximate surface area is 112 Å². The summed E-state index contributed by atoms with van der Waals surface area (Å²) in [6.45, 7) is 8.12. The number of carbonyl (C=O) groups is 2. The zero-order valence-electron chi connectivity index (χ0n) is 11.1. The minimum Gasteiger partial charge on any atom is -0.478 e. The normalized spacial score (nSPS) is 9.79. The van der Waals surface area contributed by atoms with Gasteiger partial charge in [0.1, 0.15) is 0 Å². The average molecular weight is 262 g/mol.